The van der Waals surface area contributed by atoms with E-state index in [2.05, 4.69) is 26.7 Å². The van der Waals surface area contributed by atoms with Crippen LogP contribution in [-0.4, -0.2) is 16.0 Å². The molecule has 3 nitrogen and oxygen atoms in total. The molecule has 1 fully saturated rings. The van der Waals surface area contributed by atoms with E-state index < -0.39 is 0 Å². The summed E-state index contributed by atoms with van der Waals surface area (Å²) in [4.78, 5) is 7.75. The molecule has 3 rings (SSSR count). The summed E-state index contributed by atoms with van der Waals surface area (Å²) in [7, 11) is 0. The summed E-state index contributed by atoms with van der Waals surface area (Å²) in [6.07, 6.45) is 4.58. The average molecular weight is 219 g/mol. The van der Waals surface area contributed by atoms with Gasteiger partial charge in [0.1, 0.15) is 5.01 Å². The van der Waals surface area contributed by atoms with Gasteiger partial charge >= 0.3 is 0 Å². The largest absolute Gasteiger partial charge is 0.359 e. The topological polar surface area (TPSA) is 40.7 Å². The first-order valence-corrected chi connectivity index (χ1v) is 6.11. The van der Waals surface area contributed by atoms with E-state index in [1.165, 1.54) is 12.8 Å². The Labute approximate surface area is 92.6 Å². The molecule has 2 aromatic heterocycles. The smallest absolute Gasteiger partial charge is 0.139 e. The number of rotatable bonds is 4. The van der Waals surface area contributed by atoms with Crippen LogP contribution in [0, 0.1) is 0 Å². The van der Waals surface area contributed by atoms with Gasteiger partial charge in [0, 0.05) is 24.2 Å². The van der Waals surface area contributed by atoms with Crippen LogP contribution in [-0.2, 0) is 6.54 Å². The van der Waals surface area contributed by atoms with Crippen molar-refractivity contribution in [1.29, 1.82) is 0 Å². The number of nitrogens with zero attached hydrogens (tertiary/aromatic N) is 1. The lowest BCUT2D eigenvalue weighted by Crippen LogP contribution is -2.15. The van der Waals surface area contributed by atoms with E-state index in [9.17, 15) is 0 Å². The van der Waals surface area contributed by atoms with Gasteiger partial charge in [0.05, 0.1) is 11.4 Å². The Kier molecular flexibility index (Phi) is 2.31. The SMILES string of the molecule is c1c[nH]c(-c2nc(CNC3CC3)cs2)c1. The summed E-state index contributed by atoms with van der Waals surface area (Å²) in [5.74, 6) is 0. The van der Waals surface area contributed by atoms with E-state index in [1.54, 1.807) is 11.3 Å². The minimum Gasteiger partial charge on any atom is -0.359 e. The van der Waals surface area contributed by atoms with Crippen molar-refractivity contribution < 1.29 is 0 Å². The zero-order chi connectivity index (χ0) is 10.1. The van der Waals surface area contributed by atoms with E-state index in [4.69, 9.17) is 0 Å². The second-order valence-corrected chi connectivity index (χ2v) is 4.74. The molecule has 0 aromatic carbocycles. The molecule has 1 aliphatic carbocycles. The first-order valence-electron chi connectivity index (χ1n) is 5.23. The molecular weight excluding hydrogens is 206 g/mol. The van der Waals surface area contributed by atoms with E-state index in [0.717, 1.165) is 29.0 Å². The summed E-state index contributed by atoms with van der Waals surface area (Å²) in [6, 6.07) is 4.80. The van der Waals surface area contributed by atoms with Crippen molar-refractivity contribution in [2.24, 2.45) is 0 Å². The number of hydrogen-bond acceptors (Lipinski definition) is 3. The summed E-state index contributed by atoms with van der Waals surface area (Å²) < 4.78 is 0. The lowest BCUT2D eigenvalue weighted by atomic mass is 10.4. The maximum Gasteiger partial charge on any atom is 0.139 e. The molecule has 15 heavy (non-hydrogen) atoms. The standard InChI is InChI=1S/C11H13N3S/c1-2-10(12-5-1)11-14-9(7-15-11)6-13-8-3-4-8/h1-2,5,7-8,12-13H,3-4,6H2. The van der Waals surface area contributed by atoms with Crippen molar-refractivity contribution in [2.45, 2.75) is 25.4 Å². The Bertz CT molecular complexity index is 428. The molecule has 1 aliphatic rings. The minimum absolute atomic E-state index is 0.751. The van der Waals surface area contributed by atoms with Crippen LogP contribution >= 0.6 is 11.3 Å². The number of aromatic nitrogens is 2. The minimum atomic E-state index is 0.751. The van der Waals surface area contributed by atoms with Crippen molar-refractivity contribution in [3.63, 3.8) is 0 Å². The van der Waals surface area contributed by atoms with Crippen LogP contribution in [0.4, 0.5) is 0 Å². The van der Waals surface area contributed by atoms with Gasteiger partial charge in [0.25, 0.3) is 0 Å². The van der Waals surface area contributed by atoms with Crippen LogP contribution < -0.4 is 5.32 Å². The monoisotopic (exact) mass is 219 g/mol. The molecule has 0 unspecified atom stereocenters. The van der Waals surface area contributed by atoms with Crippen LogP contribution in [0.25, 0.3) is 10.7 Å². The first kappa shape index (κ1) is 9.12. The summed E-state index contributed by atoms with van der Waals surface area (Å²) >= 11 is 1.70. The molecule has 0 spiro atoms. The normalized spacial score (nSPS) is 15.7. The van der Waals surface area contributed by atoms with Crippen LogP contribution in [0.3, 0.4) is 0 Å². The van der Waals surface area contributed by atoms with Gasteiger partial charge in [-0.3, -0.25) is 0 Å². The first-order chi connectivity index (χ1) is 7.42. The van der Waals surface area contributed by atoms with Crippen LogP contribution in [0.1, 0.15) is 18.5 Å². The fourth-order valence-electron chi connectivity index (χ4n) is 1.51. The van der Waals surface area contributed by atoms with Gasteiger partial charge in [-0.15, -0.1) is 11.3 Å². The van der Waals surface area contributed by atoms with Crippen molar-refractivity contribution in [3.8, 4) is 10.7 Å². The van der Waals surface area contributed by atoms with Crippen LogP contribution in [0.15, 0.2) is 23.7 Å². The maximum absolute atomic E-state index is 4.58. The number of thiazole rings is 1. The van der Waals surface area contributed by atoms with E-state index >= 15 is 0 Å². The van der Waals surface area contributed by atoms with Crippen molar-refractivity contribution in [3.05, 3.63) is 29.4 Å². The second-order valence-electron chi connectivity index (χ2n) is 3.88. The molecule has 0 radical (unpaired) electrons. The van der Waals surface area contributed by atoms with Gasteiger partial charge in [0.2, 0.25) is 0 Å². The van der Waals surface area contributed by atoms with Crippen molar-refractivity contribution in [1.82, 2.24) is 15.3 Å². The third-order valence-electron chi connectivity index (χ3n) is 2.53. The Morgan fingerprint density at radius 2 is 2.47 bits per heavy atom. The van der Waals surface area contributed by atoms with E-state index in [1.807, 2.05) is 12.3 Å². The quantitative estimate of drug-likeness (QED) is 0.829. The van der Waals surface area contributed by atoms with Gasteiger partial charge in [-0.2, -0.15) is 0 Å². The third-order valence-corrected chi connectivity index (χ3v) is 3.45. The molecule has 0 aliphatic heterocycles. The Morgan fingerprint density at radius 3 is 3.20 bits per heavy atom. The number of H-pyrrole nitrogens is 1. The number of aromatic amines is 1. The molecule has 0 bridgehead atoms. The van der Waals surface area contributed by atoms with Gasteiger partial charge in [0.15, 0.2) is 0 Å². The molecule has 0 amide bonds. The summed E-state index contributed by atoms with van der Waals surface area (Å²) in [5, 5.41) is 6.67. The van der Waals surface area contributed by atoms with Gasteiger partial charge in [-0.05, 0) is 25.0 Å². The summed E-state index contributed by atoms with van der Waals surface area (Å²) in [6.45, 7) is 0.905. The average Bonchev–Trinajstić information content (AvgIpc) is 2.78. The highest BCUT2D eigenvalue weighted by Gasteiger charge is 2.20. The highest BCUT2D eigenvalue weighted by atomic mass is 32.1. The highest BCUT2D eigenvalue weighted by molar-refractivity contribution is 7.13. The molecular formula is C11H13N3S. The van der Waals surface area contributed by atoms with E-state index in [0.29, 0.717) is 0 Å². The Balaban J connectivity index is 1.69. The summed E-state index contributed by atoms with van der Waals surface area (Å²) in [5.41, 5.74) is 2.26. The molecule has 1 saturated carbocycles. The molecule has 78 valence electrons. The lowest BCUT2D eigenvalue weighted by molar-refractivity contribution is 0.678. The highest BCUT2D eigenvalue weighted by Crippen LogP contribution is 2.23. The number of hydrogen-bond donors (Lipinski definition) is 2. The fourth-order valence-corrected chi connectivity index (χ4v) is 2.32. The second kappa shape index (κ2) is 3.79. The van der Waals surface area contributed by atoms with Crippen molar-refractivity contribution >= 4 is 11.3 Å². The third kappa shape index (κ3) is 2.11. The fraction of sp³-hybridized carbons (Fsp3) is 0.364. The van der Waals surface area contributed by atoms with Gasteiger partial charge < -0.3 is 10.3 Å². The zero-order valence-electron chi connectivity index (χ0n) is 8.36. The molecule has 0 saturated heterocycles. The molecule has 4 heteroatoms. The van der Waals surface area contributed by atoms with E-state index in [-0.39, 0.29) is 0 Å². The van der Waals surface area contributed by atoms with Gasteiger partial charge in [-0.1, -0.05) is 0 Å². The molecule has 2 heterocycles. The Hall–Kier alpha value is -1.13. The molecule has 2 aromatic rings. The number of nitrogens with one attached hydrogen (secondary N) is 2. The van der Waals surface area contributed by atoms with Crippen molar-refractivity contribution in [2.75, 3.05) is 0 Å². The van der Waals surface area contributed by atoms with Crippen LogP contribution in [0.5, 0.6) is 0 Å². The molecule has 2 N–H and O–H groups in total. The molecule has 0 atom stereocenters. The van der Waals surface area contributed by atoms with Crippen LogP contribution in [0.2, 0.25) is 0 Å². The van der Waals surface area contributed by atoms with Gasteiger partial charge in [-0.25, -0.2) is 4.98 Å². The zero-order valence-corrected chi connectivity index (χ0v) is 9.18. The predicted octanol–water partition coefficient (Wildman–Crippen LogP) is 2.39. The lowest BCUT2D eigenvalue weighted by Gasteiger charge is -1.97. The predicted molar refractivity (Wildman–Crippen MR) is 61.8 cm³/mol. The maximum atomic E-state index is 4.58. The Morgan fingerprint density at radius 1 is 1.53 bits per heavy atom.